The summed E-state index contributed by atoms with van der Waals surface area (Å²) in [5, 5.41) is 3.99. The van der Waals surface area contributed by atoms with Crippen LogP contribution in [0.5, 0.6) is 0 Å². The molecule has 2 atom stereocenters. The first kappa shape index (κ1) is 14.2. The fourth-order valence-corrected chi connectivity index (χ4v) is 2.41. The maximum Gasteiger partial charge on any atom is 0.151 e. The fourth-order valence-electron chi connectivity index (χ4n) is 2.41. The van der Waals surface area contributed by atoms with Crippen LogP contribution in [-0.4, -0.2) is 35.5 Å². The van der Waals surface area contributed by atoms with Gasteiger partial charge < -0.3 is 9.47 Å². The van der Waals surface area contributed by atoms with Crippen molar-refractivity contribution in [3.8, 4) is 0 Å². The highest BCUT2D eigenvalue weighted by molar-refractivity contribution is 6.08. The van der Waals surface area contributed by atoms with Crippen LogP contribution >= 0.6 is 0 Å². The van der Waals surface area contributed by atoms with Gasteiger partial charge in [-0.1, -0.05) is 6.07 Å². The topological polar surface area (TPSA) is 49.2 Å². The predicted octanol–water partition coefficient (Wildman–Crippen LogP) is 1.41. The Bertz CT molecular complexity index is 626. The van der Waals surface area contributed by atoms with Crippen molar-refractivity contribution in [2.75, 3.05) is 6.61 Å². The molecule has 2 radical (unpaired) electrons. The van der Waals surface area contributed by atoms with E-state index in [0.717, 1.165) is 6.07 Å². The van der Waals surface area contributed by atoms with Crippen LogP contribution in [0.3, 0.4) is 0 Å². The molecule has 0 saturated carbocycles. The van der Waals surface area contributed by atoms with Gasteiger partial charge >= 0.3 is 0 Å². The van der Waals surface area contributed by atoms with Gasteiger partial charge in [-0.2, -0.15) is 5.10 Å². The van der Waals surface area contributed by atoms with Gasteiger partial charge in [-0.3, -0.25) is 0 Å². The highest BCUT2D eigenvalue weighted by Gasteiger charge is 2.44. The van der Waals surface area contributed by atoms with Gasteiger partial charge in [-0.25, -0.2) is 18.4 Å². The van der Waals surface area contributed by atoms with E-state index in [4.69, 9.17) is 17.3 Å². The summed E-state index contributed by atoms with van der Waals surface area (Å²) in [5.74, 6) is -1.35. The molecule has 108 valence electrons. The van der Waals surface area contributed by atoms with Crippen molar-refractivity contribution >= 4 is 7.85 Å². The van der Waals surface area contributed by atoms with Crippen LogP contribution in [0.1, 0.15) is 5.56 Å². The van der Waals surface area contributed by atoms with Gasteiger partial charge in [0, 0.05) is 11.6 Å². The summed E-state index contributed by atoms with van der Waals surface area (Å²) in [7, 11) is 5.53. The smallest absolute Gasteiger partial charge is 0.151 e. The van der Waals surface area contributed by atoms with E-state index < -0.39 is 23.5 Å². The lowest BCUT2D eigenvalue weighted by Gasteiger charge is -2.28. The van der Waals surface area contributed by atoms with Crippen molar-refractivity contribution in [3.05, 3.63) is 48.1 Å². The van der Waals surface area contributed by atoms with E-state index in [9.17, 15) is 8.78 Å². The van der Waals surface area contributed by atoms with Crippen molar-refractivity contribution in [3.63, 3.8) is 0 Å². The SMILES string of the molecule is [B]C[C@H]1OC[C@](Cn2cncn2)(c2ccc(F)cc2F)O1. The first-order chi connectivity index (χ1) is 10.1. The summed E-state index contributed by atoms with van der Waals surface area (Å²) in [4.78, 5) is 3.84. The van der Waals surface area contributed by atoms with Gasteiger partial charge in [-0.15, -0.1) is 0 Å². The number of hydrogen-bond acceptors (Lipinski definition) is 4. The monoisotopic (exact) mass is 291 g/mol. The standard InChI is InChI=1S/C13H12BF2N3O2/c14-4-12-20-6-13(21-12,5-19-8-17-7-18-19)10-2-1-9(15)3-11(10)16/h1-3,7-8,12H,4-6H2/t12-,13+/m0/s1. The minimum absolute atomic E-state index is 0.0945. The lowest BCUT2D eigenvalue weighted by Crippen LogP contribution is -2.36. The molecule has 3 rings (SSSR count). The van der Waals surface area contributed by atoms with Crippen LogP contribution in [0.4, 0.5) is 8.78 Å². The number of hydrogen-bond donors (Lipinski definition) is 0. The minimum Gasteiger partial charge on any atom is -0.350 e. The Labute approximate surface area is 121 Å². The van der Waals surface area contributed by atoms with E-state index in [1.165, 1.54) is 29.5 Å². The van der Waals surface area contributed by atoms with E-state index in [2.05, 4.69) is 10.1 Å². The van der Waals surface area contributed by atoms with Crippen molar-refractivity contribution in [1.29, 1.82) is 0 Å². The number of rotatable bonds is 4. The maximum absolute atomic E-state index is 14.2. The largest absolute Gasteiger partial charge is 0.350 e. The van der Waals surface area contributed by atoms with Gasteiger partial charge in [0.2, 0.25) is 0 Å². The molecule has 1 aromatic heterocycles. The lowest BCUT2D eigenvalue weighted by molar-refractivity contribution is -0.0872. The van der Waals surface area contributed by atoms with Crippen molar-refractivity contribution in [2.24, 2.45) is 0 Å². The molecule has 0 N–H and O–H groups in total. The minimum atomic E-state index is -1.12. The van der Waals surface area contributed by atoms with Gasteiger partial charge in [0.15, 0.2) is 6.29 Å². The molecule has 0 spiro atoms. The Morgan fingerprint density at radius 2 is 2.29 bits per heavy atom. The predicted molar refractivity (Wildman–Crippen MR) is 69.4 cm³/mol. The molecule has 2 heterocycles. The third-order valence-corrected chi connectivity index (χ3v) is 3.36. The second-order valence-electron chi connectivity index (χ2n) is 4.81. The van der Waals surface area contributed by atoms with Crippen molar-refractivity contribution in [2.45, 2.75) is 24.8 Å². The highest BCUT2D eigenvalue weighted by atomic mass is 19.1. The average molecular weight is 291 g/mol. The maximum atomic E-state index is 14.2. The number of nitrogens with zero attached hydrogens (tertiary/aromatic N) is 3. The van der Waals surface area contributed by atoms with Crippen LogP contribution < -0.4 is 0 Å². The number of ether oxygens (including phenoxy) is 2. The van der Waals surface area contributed by atoms with Gasteiger partial charge in [-0.05, 0) is 12.4 Å². The molecular formula is C13H12BF2N3O2. The van der Waals surface area contributed by atoms with E-state index in [1.54, 1.807) is 0 Å². The quantitative estimate of drug-likeness (QED) is 0.799. The summed E-state index contributed by atoms with van der Waals surface area (Å²) in [5.41, 5.74) is -0.912. The van der Waals surface area contributed by atoms with E-state index in [1.807, 2.05) is 0 Å². The Morgan fingerprint density at radius 1 is 1.43 bits per heavy atom. The van der Waals surface area contributed by atoms with Crippen molar-refractivity contribution in [1.82, 2.24) is 14.8 Å². The molecule has 5 nitrogen and oxygen atoms in total. The Kier molecular flexibility index (Phi) is 3.73. The second-order valence-corrected chi connectivity index (χ2v) is 4.81. The first-order valence-electron chi connectivity index (χ1n) is 6.40. The van der Waals surface area contributed by atoms with E-state index >= 15 is 0 Å². The summed E-state index contributed by atoms with van der Waals surface area (Å²) >= 11 is 0. The molecular weight excluding hydrogens is 279 g/mol. The third-order valence-electron chi connectivity index (χ3n) is 3.36. The Balaban J connectivity index is 1.99. The molecule has 0 bridgehead atoms. The number of benzene rings is 1. The van der Waals surface area contributed by atoms with E-state index in [-0.39, 0.29) is 25.0 Å². The zero-order valence-corrected chi connectivity index (χ0v) is 11.1. The molecule has 1 aliphatic heterocycles. The zero-order chi connectivity index (χ0) is 14.9. The molecule has 0 unspecified atom stereocenters. The molecule has 0 amide bonds. The van der Waals surface area contributed by atoms with Crippen LogP contribution in [0.2, 0.25) is 6.32 Å². The fraction of sp³-hybridized carbons (Fsp3) is 0.385. The van der Waals surface area contributed by atoms with E-state index in [0.29, 0.717) is 0 Å². The molecule has 1 aromatic carbocycles. The molecule has 21 heavy (non-hydrogen) atoms. The van der Waals surface area contributed by atoms with Crippen LogP contribution in [0.15, 0.2) is 30.9 Å². The Hall–Kier alpha value is -1.80. The lowest BCUT2D eigenvalue weighted by atomic mass is 9.93. The third kappa shape index (κ3) is 2.68. The Morgan fingerprint density at radius 3 is 2.90 bits per heavy atom. The first-order valence-corrected chi connectivity index (χ1v) is 6.40. The normalized spacial score (nSPS) is 25.3. The molecule has 1 aliphatic rings. The summed E-state index contributed by atoms with van der Waals surface area (Å²) in [6.07, 6.45) is 2.35. The summed E-state index contributed by atoms with van der Waals surface area (Å²) in [6, 6.07) is 3.35. The summed E-state index contributed by atoms with van der Waals surface area (Å²) in [6.45, 7) is 0.281. The number of aromatic nitrogens is 3. The van der Waals surface area contributed by atoms with Crippen LogP contribution in [-0.2, 0) is 21.6 Å². The van der Waals surface area contributed by atoms with Gasteiger partial charge in [0.1, 0.15) is 29.9 Å². The molecule has 1 fully saturated rings. The van der Waals surface area contributed by atoms with Gasteiger partial charge in [0.05, 0.1) is 21.0 Å². The van der Waals surface area contributed by atoms with Crippen LogP contribution in [0.25, 0.3) is 0 Å². The second kappa shape index (κ2) is 5.53. The highest BCUT2D eigenvalue weighted by Crippen LogP contribution is 2.37. The molecule has 1 saturated heterocycles. The molecule has 8 heteroatoms. The van der Waals surface area contributed by atoms with Gasteiger partial charge in [0.25, 0.3) is 0 Å². The average Bonchev–Trinajstić information content (AvgIpc) is 3.09. The summed E-state index contributed by atoms with van der Waals surface area (Å²) < 4.78 is 40.0. The van der Waals surface area contributed by atoms with Crippen LogP contribution in [0, 0.1) is 11.6 Å². The zero-order valence-electron chi connectivity index (χ0n) is 11.1. The molecule has 2 aromatic rings. The molecule has 0 aliphatic carbocycles. The number of halogens is 2. The van der Waals surface area contributed by atoms with Crippen molar-refractivity contribution < 1.29 is 18.3 Å².